The molecule has 3 saturated carbocycles. The Hall–Kier alpha value is -0.710. The fourth-order valence-electron chi connectivity index (χ4n) is 6.50. The van der Waals surface area contributed by atoms with Crippen molar-refractivity contribution >= 4 is 5.78 Å². The van der Waals surface area contributed by atoms with E-state index in [9.17, 15) is 20.1 Å². The minimum absolute atomic E-state index is 0.0831. The molecule has 0 radical (unpaired) electrons. The van der Waals surface area contributed by atoms with Crippen molar-refractivity contribution in [3.05, 3.63) is 11.6 Å². The Morgan fingerprint density at radius 2 is 1.78 bits per heavy atom. The third-order valence-electron chi connectivity index (χ3n) is 7.85. The van der Waals surface area contributed by atoms with Crippen LogP contribution in [-0.2, 0) is 4.79 Å². The Morgan fingerprint density at radius 1 is 1.09 bits per heavy atom. The van der Waals surface area contributed by atoms with Crippen molar-refractivity contribution in [2.24, 2.45) is 28.6 Å². The Morgan fingerprint density at radius 3 is 2.52 bits per heavy atom. The van der Waals surface area contributed by atoms with Gasteiger partial charge in [-0.2, -0.15) is 0 Å². The Balaban J connectivity index is 1.73. The average molecular weight is 320 g/mol. The summed E-state index contributed by atoms with van der Waals surface area (Å²) < 4.78 is 0. The van der Waals surface area contributed by atoms with E-state index >= 15 is 0 Å². The van der Waals surface area contributed by atoms with Gasteiger partial charge in [-0.1, -0.05) is 25.5 Å². The molecule has 128 valence electrons. The van der Waals surface area contributed by atoms with E-state index in [1.807, 2.05) is 6.92 Å². The molecule has 0 aromatic heterocycles. The van der Waals surface area contributed by atoms with Gasteiger partial charge < -0.3 is 15.3 Å². The molecule has 3 fully saturated rings. The fourth-order valence-corrected chi connectivity index (χ4v) is 6.50. The molecule has 0 amide bonds. The smallest absolute Gasteiger partial charge is 0.170 e. The molecule has 4 aliphatic rings. The highest BCUT2D eigenvalue weighted by molar-refractivity contribution is 5.92. The number of carbonyl (C=O) groups excluding carboxylic acids is 1. The van der Waals surface area contributed by atoms with Gasteiger partial charge in [0.2, 0.25) is 0 Å². The van der Waals surface area contributed by atoms with E-state index in [0.717, 1.165) is 38.5 Å². The second-order valence-electron chi connectivity index (χ2n) is 8.83. The molecule has 3 unspecified atom stereocenters. The van der Waals surface area contributed by atoms with Crippen molar-refractivity contribution in [2.75, 3.05) is 0 Å². The molecule has 0 heterocycles. The number of fused-ring (bicyclic) bond motifs is 5. The summed E-state index contributed by atoms with van der Waals surface area (Å²) in [6.45, 7) is 4.26. The molecule has 0 spiro atoms. The molecular weight excluding hydrogens is 292 g/mol. The molecule has 0 saturated heterocycles. The summed E-state index contributed by atoms with van der Waals surface area (Å²) in [4.78, 5) is 12.5. The van der Waals surface area contributed by atoms with Gasteiger partial charge in [-0.05, 0) is 55.8 Å². The highest BCUT2D eigenvalue weighted by Crippen LogP contribution is 2.63. The van der Waals surface area contributed by atoms with Crippen LogP contribution in [0.25, 0.3) is 0 Å². The normalized spacial score (nSPS) is 55.7. The highest BCUT2D eigenvalue weighted by atomic mass is 16.3. The number of rotatable bonds is 0. The zero-order valence-corrected chi connectivity index (χ0v) is 14.0. The number of hydrogen-bond acceptors (Lipinski definition) is 4. The van der Waals surface area contributed by atoms with Crippen molar-refractivity contribution in [1.29, 1.82) is 0 Å². The van der Waals surface area contributed by atoms with Crippen LogP contribution in [0.2, 0.25) is 0 Å². The predicted octanol–water partition coefficient (Wildman–Crippen LogP) is 1.82. The van der Waals surface area contributed by atoms with Gasteiger partial charge in [0.15, 0.2) is 5.78 Å². The van der Waals surface area contributed by atoms with E-state index in [0.29, 0.717) is 5.92 Å². The first-order valence-corrected chi connectivity index (χ1v) is 9.07. The van der Waals surface area contributed by atoms with Gasteiger partial charge >= 0.3 is 0 Å². The van der Waals surface area contributed by atoms with E-state index in [2.05, 4.69) is 13.0 Å². The summed E-state index contributed by atoms with van der Waals surface area (Å²) in [7, 11) is 0. The maximum atomic E-state index is 12.5. The Labute approximate surface area is 137 Å². The van der Waals surface area contributed by atoms with Gasteiger partial charge in [-0.15, -0.1) is 0 Å². The van der Waals surface area contributed by atoms with E-state index < -0.39 is 17.6 Å². The van der Waals surface area contributed by atoms with Crippen LogP contribution >= 0.6 is 0 Å². The van der Waals surface area contributed by atoms with Crippen LogP contribution in [0.5, 0.6) is 0 Å². The number of hydrogen-bond donors (Lipinski definition) is 3. The average Bonchev–Trinajstić information content (AvgIpc) is 2.69. The summed E-state index contributed by atoms with van der Waals surface area (Å²) in [6.07, 6.45) is 5.09. The topological polar surface area (TPSA) is 77.8 Å². The summed E-state index contributed by atoms with van der Waals surface area (Å²) in [5.74, 6) is 0.410. The number of carbonyl (C=O) groups is 1. The highest BCUT2D eigenvalue weighted by Gasteiger charge is 2.64. The second kappa shape index (κ2) is 4.90. The van der Waals surface area contributed by atoms with Crippen molar-refractivity contribution < 1.29 is 20.1 Å². The maximum Gasteiger partial charge on any atom is 0.170 e. The summed E-state index contributed by atoms with van der Waals surface area (Å²) in [5.41, 5.74) is 0.885. The molecule has 0 aromatic rings. The lowest BCUT2D eigenvalue weighted by Crippen LogP contribution is -2.52. The van der Waals surface area contributed by atoms with E-state index in [1.165, 1.54) is 5.57 Å². The number of aliphatic hydroxyl groups excluding tert-OH is 3. The van der Waals surface area contributed by atoms with E-state index in [1.54, 1.807) is 0 Å². The monoisotopic (exact) mass is 320 g/mol. The molecule has 23 heavy (non-hydrogen) atoms. The van der Waals surface area contributed by atoms with Gasteiger partial charge in [0, 0.05) is 11.3 Å². The SMILES string of the molecule is C[C@]12CCC(O)CC1=CC[C@@H]1[C@H]2CC[C@]2(C)C(=O)C(O)C(O)[C@@H]12. The lowest BCUT2D eigenvalue weighted by atomic mass is 9.48. The molecule has 8 atom stereocenters. The van der Waals surface area contributed by atoms with Crippen LogP contribution in [0.4, 0.5) is 0 Å². The molecule has 0 aliphatic heterocycles. The van der Waals surface area contributed by atoms with Gasteiger partial charge in [-0.25, -0.2) is 0 Å². The van der Waals surface area contributed by atoms with Crippen LogP contribution in [0, 0.1) is 28.6 Å². The number of ketones is 1. The minimum atomic E-state index is -1.21. The van der Waals surface area contributed by atoms with Crippen LogP contribution in [0.1, 0.15) is 52.4 Å². The minimum Gasteiger partial charge on any atom is -0.393 e. The molecule has 4 rings (SSSR count). The largest absolute Gasteiger partial charge is 0.393 e. The standard InChI is InChI=1S/C19H28O4/c1-18-7-5-11(20)9-10(18)3-4-12-13(18)6-8-19(2)14(12)15(21)16(22)17(19)23/h3,11-16,20-22H,4-9H2,1-2H3/t11?,12-,13-,14-,15?,16?,18+,19+/m1/s1. The van der Waals surface area contributed by atoms with Crippen molar-refractivity contribution in [2.45, 2.75) is 70.7 Å². The van der Waals surface area contributed by atoms with Crippen LogP contribution < -0.4 is 0 Å². The van der Waals surface area contributed by atoms with Crippen molar-refractivity contribution in [3.8, 4) is 0 Å². The summed E-state index contributed by atoms with van der Waals surface area (Å²) >= 11 is 0. The fraction of sp³-hybridized carbons (Fsp3) is 0.842. The Kier molecular flexibility index (Phi) is 3.37. The van der Waals surface area contributed by atoms with E-state index in [-0.39, 0.29) is 29.1 Å². The molecule has 0 aromatic carbocycles. The third kappa shape index (κ3) is 1.92. The third-order valence-corrected chi connectivity index (χ3v) is 7.85. The van der Waals surface area contributed by atoms with Gasteiger partial charge in [0.1, 0.15) is 6.10 Å². The first-order valence-electron chi connectivity index (χ1n) is 9.07. The van der Waals surface area contributed by atoms with Crippen molar-refractivity contribution in [3.63, 3.8) is 0 Å². The maximum absolute atomic E-state index is 12.5. The number of aliphatic hydroxyl groups is 3. The van der Waals surface area contributed by atoms with Crippen molar-refractivity contribution in [1.82, 2.24) is 0 Å². The Bertz CT molecular complexity index is 570. The molecule has 3 N–H and O–H groups in total. The molecule has 0 bridgehead atoms. The van der Waals surface area contributed by atoms with Crippen LogP contribution in [0.15, 0.2) is 11.6 Å². The first kappa shape index (κ1) is 15.8. The zero-order valence-electron chi connectivity index (χ0n) is 14.0. The zero-order chi connectivity index (χ0) is 16.6. The van der Waals surface area contributed by atoms with Gasteiger partial charge in [0.25, 0.3) is 0 Å². The molecule has 4 nitrogen and oxygen atoms in total. The van der Waals surface area contributed by atoms with Gasteiger partial charge in [-0.3, -0.25) is 4.79 Å². The quantitative estimate of drug-likeness (QED) is 0.595. The molecule has 4 aliphatic carbocycles. The summed E-state index contributed by atoms with van der Waals surface area (Å²) in [5, 5.41) is 30.7. The molecular formula is C19H28O4. The van der Waals surface area contributed by atoms with Gasteiger partial charge in [0.05, 0.1) is 12.2 Å². The van der Waals surface area contributed by atoms with E-state index in [4.69, 9.17) is 0 Å². The van der Waals surface area contributed by atoms with Crippen LogP contribution in [0.3, 0.4) is 0 Å². The predicted molar refractivity (Wildman–Crippen MR) is 85.5 cm³/mol. The number of allylic oxidation sites excluding steroid dienone is 1. The second-order valence-corrected chi connectivity index (χ2v) is 8.83. The molecule has 4 heteroatoms. The number of Topliss-reactive ketones (excluding diaryl/α,β-unsaturated/α-hetero) is 1. The lowest BCUT2D eigenvalue weighted by Gasteiger charge is -2.57. The lowest BCUT2D eigenvalue weighted by molar-refractivity contribution is -0.136. The first-order chi connectivity index (χ1) is 10.8. The van der Waals surface area contributed by atoms with Crippen LogP contribution in [-0.4, -0.2) is 39.4 Å². The summed E-state index contributed by atoms with van der Waals surface area (Å²) in [6, 6.07) is 0.